The van der Waals surface area contributed by atoms with Crippen LogP contribution in [0.2, 0.25) is 0 Å². The van der Waals surface area contributed by atoms with Crippen LogP contribution < -0.4 is 4.74 Å². The normalized spacial score (nSPS) is 11.9. The lowest BCUT2D eigenvalue weighted by Crippen LogP contribution is -2.15. The van der Waals surface area contributed by atoms with Crippen LogP contribution in [-0.4, -0.2) is 29.1 Å². The summed E-state index contributed by atoms with van der Waals surface area (Å²) < 4.78 is 4.88. The zero-order chi connectivity index (χ0) is 13.0. The minimum absolute atomic E-state index is 0.0602. The molecule has 0 aromatic heterocycles. The zero-order valence-corrected chi connectivity index (χ0v) is 9.64. The monoisotopic (exact) mass is 238 g/mol. The molecule has 1 atom stereocenters. The second kappa shape index (κ2) is 5.34. The second-order valence-corrected chi connectivity index (χ2v) is 3.75. The predicted molar refractivity (Wildman–Crippen MR) is 60.4 cm³/mol. The standard InChI is InChI=1S/C12H14O5/c1-7(5-11(14)15)12(16)8-3-4-9(13)10(6-8)17-2/h3-4,6-7,13H,5H2,1-2H3,(H,14,15). The highest BCUT2D eigenvalue weighted by Crippen LogP contribution is 2.27. The van der Waals surface area contributed by atoms with Gasteiger partial charge in [-0.15, -0.1) is 0 Å². The number of phenols is 1. The van der Waals surface area contributed by atoms with Gasteiger partial charge >= 0.3 is 5.97 Å². The van der Waals surface area contributed by atoms with Gasteiger partial charge < -0.3 is 14.9 Å². The maximum Gasteiger partial charge on any atom is 0.304 e. The van der Waals surface area contributed by atoms with Crippen molar-refractivity contribution in [3.8, 4) is 11.5 Å². The third kappa shape index (κ3) is 3.21. The molecule has 0 heterocycles. The van der Waals surface area contributed by atoms with Crippen LogP contribution in [0.15, 0.2) is 18.2 Å². The Morgan fingerprint density at radius 1 is 1.41 bits per heavy atom. The van der Waals surface area contributed by atoms with Crippen LogP contribution >= 0.6 is 0 Å². The van der Waals surface area contributed by atoms with E-state index in [-0.39, 0.29) is 23.7 Å². The van der Waals surface area contributed by atoms with Crippen LogP contribution in [0.25, 0.3) is 0 Å². The van der Waals surface area contributed by atoms with Crippen molar-refractivity contribution in [3.63, 3.8) is 0 Å². The molecule has 0 bridgehead atoms. The van der Waals surface area contributed by atoms with Crippen molar-refractivity contribution in [1.82, 2.24) is 0 Å². The summed E-state index contributed by atoms with van der Waals surface area (Å²) in [5, 5.41) is 18.0. The van der Waals surface area contributed by atoms with Crippen LogP contribution in [0, 0.1) is 5.92 Å². The number of carbonyl (C=O) groups is 2. The first kappa shape index (κ1) is 13.0. The molecular weight excluding hydrogens is 224 g/mol. The van der Waals surface area contributed by atoms with E-state index in [1.54, 1.807) is 6.92 Å². The number of Topliss-reactive ketones (excluding diaryl/α,β-unsaturated/α-hetero) is 1. The molecule has 0 saturated heterocycles. The Labute approximate surface area is 98.6 Å². The van der Waals surface area contributed by atoms with Gasteiger partial charge in [0.1, 0.15) is 0 Å². The highest BCUT2D eigenvalue weighted by atomic mass is 16.5. The molecule has 5 heteroatoms. The molecular formula is C12H14O5. The Balaban J connectivity index is 2.92. The number of ketones is 1. The number of hydrogen-bond acceptors (Lipinski definition) is 4. The SMILES string of the molecule is COc1cc(C(=O)C(C)CC(=O)O)ccc1O. The summed E-state index contributed by atoms with van der Waals surface area (Å²) in [6, 6.07) is 4.19. The van der Waals surface area contributed by atoms with Crippen LogP contribution in [0.5, 0.6) is 11.5 Å². The lowest BCUT2D eigenvalue weighted by atomic mass is 9.96. The minimum atomic E-state index is -1.02. The summed E-state index contributed by atoms with van der Waals surface area (Å²) in [6.07, 6.45) is -0.220. The first-order valence-corrected chi connectivity index (χ1v) is 5.08. The zero-order valence-electron chi connectivity index (χ0n) is 9.64. The van der Waals surface area contributed by atoms with Gasteiger partial charge in [-0.1, -0.05) is 6.92 Å². The highest BCUT2D eigenvalue weighted by molar-refractivity contribution is 5.99. The van der Waals surface area contributed by atoms with E-state index in [0.29, 0.717) is 5.56 Å². The number of hydrogen-bond donors (Lipinski definition) is 2. The number of carboxylic acid groups (broad SMARTS) is 1. The minimum Gasteiger partial charge on any atom is -0.504 e. The molecule has 1 rings (SSSR count). The topological polar surface area (TPSA) is 83.8 Å². The van der Waals surface area contributed by atoms with Gasteiger partial charge in [0.05, 0.1) is 13.5 Å². The molecule has 2 N–H and O–H groups in total. The molecule has 1 aromatic rings. The molecule has 0 aliphatic carbocycles. The van der Waals surface area contributed by atoms with Crippen molar-refractivity contribution in [2.45, 2.75) is 13.3 Å². The van der Waals surface area contributed by atoms with Crippen molar-refractivity contribution in [2.24, 2.45) is 5.92 Å². The first-order chi connectivity index (χ1) is 7.95. The van der Waals surface area contributed by atoms with E-state index in [9.17, 15) is 14.7 Å². The maximum atomic E-state index is 11.9. The average molecular weight is 238 g/mol. The number of aliphatic carboxylic acids is 1. The molecule has 0 saturated carbocycles. The summed E-state index contributed by atoms with van der Waals surface area (Å²) in [7, 11) is 1.38. The molecule has 17 heavy (non-hydrogen) atoms. The van der Waals surface area contributed by atoms with Gasteiger partial charge in [0.25, 0.3) is 0 Å². The van der Waals surface area contributed by atoms with Crippen LogP contribution in [0.1, 0.15) is 23.7 Å². The number of rotatable bonds is 5. The summed E-state index contributed by atoms with van der Waals surface area (Å²) in [4.78, 5) is 22.4. The molecule has 1 aromatic carbocycles. The lowest BCUT2D eigenvalue weighted by molar-refractivity contribution is -0.137. The number of ether oxygens (including phenoxy) is 1. The third-order valence-corrected chi connectivity index (χ3v) is 2.39. The summed E-state index contributed by atoms with van der Waals surface area (Å²) in [6.45, 7) is 1.55. The molecule has 0 aliphatic heterocycles. The predicted octanol–water partition coefficient (Wildman–Crippen LogP) is 1.69. The molecule has 92 valence electrons. The molecule has 0 fully saturated rings. The van der Waals surface area contributed by atoms with Crippen molar-refractivity contribution < 1.29 is 24.5 Å². The van der Waals surface area contributed by atoms with Gasteiger partial charge in [-0.05, 0) is 18.2 Å². The van der Waals surface area contributed by atoms with E-state index in [2.05, 4.69) is 0 Å². The Kier molecular flexibility index (Phi) is 4.09. The van der Waals surface area contributed by atoms with E-state index in [0.717, 1.165) is 0 Å². The Bertz CT molecular complexity index is 439. The average Bonchev–Trinajstić information content (AvgIpc) is 2.27. The first-order valence-electron chi connectivity index (χ1n) is 5.08. The number of phenolic OH excluding ortho intramolecular Hbond substituents is 1. The van der Waals surface area contributed by atoms with E-state index >= 15 is 0 Å². The number of benzene rings is 1. The summed E-state index contributed by atoms with van der Waals surface area (Å²) in [5.41, 5.74) is 0.327. The van der Waals surface area contributed by atoms with Gasteiger partial charge in [-0.3, -0.25) is 9.59 Å². The number of carboxylic acids is 1. The fraction of sp³-hybridized carbons (Fsp3) is 0.333. The summed E-state index contributed by atoms with van der Waals surface area (Å²) >= 11 is 0. The molecule has 0 radical (unpaired) electrons. The van der Waals surface area contributed by atoms with Gasteiger partial charge in [-0.25, -0.2) is 0 Å². The van der Waals surface area contributed by atoms with E-state index in [1.807, 2.05) is 0 Å². The van der Waals surface area contributed by atoms with E-state index in [4.69, 9.17) is 9.84 Å². The van der Waals surface area contributed by atoms with Gasteiger partial charge in [0.2, 0.25) is 0 Å². The molecule has 0 spiro atoms. The van der Waals surface area contributed by atoms with E-state index < -0.39 is 11.9 Å². The van der Waals surface area contributed by atoms with E-state index in [1.165, 1.54) is 25.3 Å². The summed E-state index contributed by atoms with van der Waals surface area (Å²) in [5.74, 6) is -1.78. The van der Waals surface area contributed by atoms with Crippen molar-refractivity contribution in [3.05, 3.63) is 23.8 Å². The fourth-order valence-corrected chi connectivity index (χ4v) is 1.47. The maximum absolute atomic E-state index is 11.9. The molecule has 0 aliphatic rings. The molecule has 0 amide bonds. The Morgan fingerprint density at radius 3 is 2.59 bits per heavy atom. The smallest absolute Gasteiger partial charge is 0.304 e. The number of carbonyl (C=O) groups excluding carboxylic acids is 1. The van der Waals surface area contributed by atoms with Crippen LogP contribution in [0.3, 0.4) is 0 Å². The van der Waals surface area contributed by atoms with Crippen molar-refractivity contribution >= 4 is 11.8 Å². The quantitative estimate of drug-likeness (QED) is 0.762. The largest absolute Gasteiger partial charge is 0.504 e. The van der Waals surface area contributed by atoms with Gasteiger partial charge in [-0.2, -0.15) is 0 Å². The van der Waals surface area contributed by atoms with Gasteiger partial charge in [0.15, 0.2) is 17.3 Å². The third-order valence-electron chi connectivity index (χ3n) is 2.39. The van der Waals surface area contributed by atoms with Gasteiger partial charge in [0, 0.05) is 11.5 Å². The van der Waals surface area contributed by atoms with Crippen molar-refractivity contribution in [2.75, 3.05) is 7.11 Å². The fourth-order valence-electron chi connectivity index (χ4n) is 1.47. The number of aromatic hydroxyl groups is 1. The van der Waals surface area contributed by atoms with Crippen molar-refractivity contribution in [1.29, 1.82) is 0 Å². The lowest BCUT2D eigenvalue weighted by Gasteiger charge is -2.09. The molecule has 1 unspecified atom stereocenters. The van der Waals surface area contributed by atoms with Crippen LogP contribution in [-0.2, 0) is 4.79 Å². The molecule has 5 nitrogen and oxygen atoms in total. The van der Waals surface area contributed by atoms with Crippen LogP contribution in [0.4, 0.5) is 0 Å². The number of methoxy groups -OCH3 is 1. The highest BCUT2D eigenvalue weighted by Gasteiger charge is 2.19. The Morgan fingerprint density at radius 2 is 2.06 bits per heavy atom. The Hall–Kier alpha value is -2.04. The second-order valence-electron chi connectivity index (χ2n) is 3.75.